The zero-order chi connectivity index (χ0) is 24.6. The molecule has 0 radical (unpaired) electrons. The fraction of sp³-hybridized carbons (Fsp3) is 0.167. The second-order valence-electron chi connectivity index (χ2n) is 9.30. The molecule has 2 N–H and O–H groups in total. The summed E-state index contributed by atoms with van der Waals surface area (Å²) in [6, 6.07) is 26.6. The van der Waals surface area contributed by atoms with E-state index in [-0.39, 0.29) is 6.17 Å². The summed E-state index contributed by atoms with van der Waals surface area (Å²) in [5, 5.41) is 0. The molecular weight excluding hydrogens is 444 g/mol. The van der Waals surface area contributed by atoms with Gasteiger partial charge in [0, 0.05) is 5.56 Å². The summed E-state index contributed by atoms with van der Waals surface area (Å²) in [6.07, 6.45) is 6.88. The van der Waals surface area contributed by atoms with Gasteiger partial charge < -0.3 is 5.73 Å². The first-order valence-electron chi connectivity index (χ1n) is 12.3. The van der Waals surface area contributed by atoms with Gasteiger partial charge in [0.1, 0.15) is 12.0 Å². The topological polar surface area (TPSA) is 73.0 Å². The quantitative estimate of drug-likeness (QED) is 0.247. The molecule has 0 amide bonds. The van der Waals surface area contributed by atoms with Crippen LogP contribution in [0.1, 0.15) is 32.0 Å². The first-order valence-corrected chi connectivity index (χ1v) is 12.3. The van der Waals surface area contributed by atoms with E-state index in [1.54, 1.807) is 0 Å². The van der Waals surface area contributed by atoms with Crippen LogP contribution in [0.4, 0.5) is 0 Å². The Morgan fingerprint density at radius 2 is 1.64 bits per heavy atom. The molecule has 6 rings (SSSR count). The highest BCUT2D eigenvalue weighted by atomic mass is 15.3. The van der Waals surface area contributed by atoms with E-state index in [2.05, 4.69) is 65.3 Å². The van der Waals surface area contributed by atoms with Crippen LogP contribution in [0.25, 0.3) is 27.8 Å². The van der Waals surface area contributed by atoms with Gasteiger partial charge in [-0.25, -0.2) is 15.0 Å². The van der Waals surface area contributed by atoms with E-state index in [1.165, 1.54) is 0 Å². The molecule has 0 bridgehead atoms. The molecule has 178 valence electrons. The number of nitrogens with zero attached hydrogens (tertiary/aromatic N) is 5. The zero-order valence-corrected chi connectivity index (χ0v) is 20.4. The number of fused-ring (bicyclic) bond motifs is 5. The van der Waals surface area contributed by atoms with Crippen molar-refractivity contribution in [3.63, 3.8) is 0 Å². The fourth-order valence-electron chi connectivity index (χ4n) is 4.96. The number of rotatable bonds is 4. The highest BCUT2D eigenvalue weighted by Crippen LogP contribution is 2.29. The summed E-state index contributed by atoms with van der Waals surface area (Å²) in [6.45, 7) is 4.26. The second-order valence-corrected chi connectivity index (χ2v) is 9.30. The number of imidazole rings is 2. The number of aromatic nitrogens is 3. The smallest absolute Gasteiger partial charge is 0.217 e. The summed E-state index contributed by atoms with van der Waals surface area (Å²) in [5.41, 5.74) is 12.7. The summed E-state index contributed by atoms with van der Waals surface area (Å²) >= 11 is 0. The lowest BCUT2D eigenvalue weighted by atomic mass is 9.95. The third-order valence-electron chi connectivity index (χ3n) is 6.69. The maximum absolute atomic E-state index is 6.52. The predicted octanol–water partition coefficient (Wildman–Crippen LogP) is 6.29. The highest BCUT2D eigenvalue weighted by Gasteiger charge is 2.20. The number of allylic oxidation sites excluding steroid dienone is 3. The molecule has 2 unspecified atom stereocenters. The van der Waals surface area contributed by atoms with Gasteiger partial charge in [0.2, 0.25) is 5.78 Å². The third kappa shape index (κ3) is 3.81. The number of hydrogen-bond acceptors (Lipinski definition) is 2. The van der Waals surface area contributed by atoms with Crippen molar-refractivity contribution in [3.05, 3.63) is 108 Å². The van der Waals surface area contributed by atoms with Gasteiger partial charge in [-0.2, -0.15) is 0 Å². The number of aliphatic imine (C=N–C) groups is 2. The van der Waals surface area contributed by atoms with Crippen LogP contribution < -0.4 is 5.73 Å². The van der Waals surface area contributed by atoms with Crippen LogP contribution in [0, 0.1) is 5.92 Å². The van der Waals surface area contributed by atoms with Gasteiger partial charge in [-0.3, -0.25) is 8.97 Å². The minimum absolute atomic E-state index is 0.268. The summed E-state index contributed by atoms with van der Waals surface area (Å²) in [4.78, 5) is 15.0. The first kappa shape index (κ1) is 22.0. The Morgan fingerprint density at radius 3 is 2.42 bits per heavy atom. The molecule has 6 nitrogen and oxygen atoms in total. The maximum atomic E-state index is 6.52. The molecule has 6 heteroatoms. The van der Waals surface area contributed by atoms with E-state index in [0.29, 0.717) is 17.6 Å². The Morgan fingerprint density at radius 1 is 0.944 bits per heavy atom. The van der Waals surface area contributed by atoms with Crippen LogP contribution in [0.5, 0.6) is 0 Å². The van der Waals surface area contributed by atoms with Crippen LogP contribution in [0.2, 0.25) is 0 Å². The number of hydrogen-bond donors (Lipinski definition) is 1. The molecule has 1 aliphatic carbocycles. The van der Waals surface area contributed by atoms with Gasteiger partial charge in [-0.1, -0.05) is 79.7 Å². The standard InChI is InChI=1S/C30H28N6/c1-20-11-10-14-23(19-20)28(31)34-29(22-12-4-3-5-13-22)32-21(2)35-26-17-8-9-18-27(26)36-25-16-7-6-15-24(25)33-30(35)36/h3-18,20-21H,19H2,1-2H3,(H2,31,32,34). The SMILES string of the molecule is CC1C=CC=C(C(N)=NC(=NC(C)n2c3ccccc3n3c4ccccc4nc23)c2ccccc2)C1. The van der Waals surface area contributed by atoms with Crippen LogP contribution >= 0.6 is 0 Å². The fourth-order valence-corrected chi connectivity index (χ4v) is 4.96. The number of benzene rings is 3. The Balaban J connectivity index is 1.53. The van der Waals surface area contributed by atoms with Crippen LogP contribution in [0.3, 0.4) is 0 Å². The molecule has 3 aromatic carbocycles. The largest absolute Gasteiger partial charge is 0.383 e. The molecule has 0 saturated heterocycles. The van der Waals surface area contributed by atoms with E-state index in [0.717, 1.165) is 45.4 Å². The predicted molar refractivity (Wildman–Crippen MR) is 149 cm³/mol. The van der Waals surface area contributed by atoms with E-state index in [1.807, 2.05) is 54.6 Å². The minimum Gasteiger partial charge on any atom is -0.383 e. The average Bonchev–Trinajstić information content (AvgIpc) is 3.43. The normalized spacial score (nSPS) is 17.7. The molecule has 36 heavy (non-hydrogen) atoms. The summed E-state index contributed by atoms with van der Waals surface area (Å²) in [7, 11) is 0. The van der Waals surface area contributed by atoms with Crippen molar-refractivity contribution in [1.82, 2.24) is 14.0 Å². The maximum Gasteiger partial charge on any atom is 0.217 e. The Labute approximate surface area is 209 Å². The monoisotopic (exact) mass is 472 g/mol. The first-order chi connectivity index (χ1) is 17.6. The average molecular weight is 473 g/mol. The van der Waals surface area contributed by atoms with Crippen molar-refractivity contribution in [1.29, 1.82) is 0 Å². The molecule has 1 aliphatic rings. The van der Waals surface area contributed by atoms with Crippen molar-refractivity contribution < 1.29 is 0 Å². The molecule has 0 saturated carbocycles. The molecule has 0 fully saturated rings. The lowest BCUT2D eigenvalue weighted by Gasteiger charge is -2.15. The molecule has 2 aromatic heterocycles. The Hall–Kier alpha value is -4.45. The lowest BCUT2D eigenvalue weighted by molar-refractivity contribution is 0.605. The minimum atomic E-state index is -0.268. The zero-order valence-electron chi connectivity index (χ0n) is 20.4. The van der Waals surface area contributed by atoms with Gasteiger partial charge in [0.25, 0.3) is 0 Å². The summed E-state index contributed by atoms with van der Waals surface area (Å²) < 4.78 is 4.38. The Kier molecular flexibility index (Phi) is 5.49. The molecule has 0 spiro atoms. The lowest BCUT2D eigenvalue weighted by Crippen LogP contribution is -2.20. The number of amidine groups is 2. The van der Waals surface area contributed by atoms with Crippen LogP contribution in [-0.4, -0.2) is 25.6 Å². The number of para-hydroxylation sites is 4. The second kappa shape index (κ2) is 8.96. The highest BCUT2D eigenvalue weighted by molar-refractivity contribution is 6.11. The van der Waals surface area contributed by atoms with E-state index >= 15 is 0 Å². The van der Waals surface area contributed by atoms with E-state index in [4.69, 9.17) is 20.7 Å². The van der Waals surface area contributed by atoms with Crippen molar-refractivity contribution in [2.24, 2.45) is 21.6 Å². The number of nitrogens with two attached hydrogens (primary N) is 1. The molecule has 2 heterocycles. The van der Waals surface area contributed by atoms with Crippen molar-refractivity contribution in [2.45, 2.75) is 26.4 Å². The van der Waals surface area contributed by atoms with Gasteiger partial charge in [0.15, 0.2) is 5.84 Å². The van der Waals surface area contributed by atoms with Gasteiger partial charge in [-0.05, 0) is 49.1 Å². The van der Waals surface area contributed by atoms with Gasteiger partial charge in [0.05, 0.1) is 22.1 Å². The molecule has 0 aliphatic heterocycles. The molecular formula is C30H28N6. The van der Waals surface area contributed by atoms with Crippen molar-refractivity contribution in [2.75, 3.05) is 0 Å². The van der Waals surface area contributed by atoms with Crippen molar-refractivity contribution in [3.8, 4) is 0 Å². The van der Waals surface area contributed by atoms with E-state index < -0.39 is 0 Å². The van der Waals surface area contributed by atoms with Crippen LogP contribution in [0.15, 0.2) is 113 Å². The van der Waals surface area contributed by atoms with Gasteiger partial charge >= 0.3 is 0 Å². The molecule has 5 aromatic rings. The molecule has 2 atom stereocenters. The van der Waals surface area contributed by atoms with Gasteiger partial charge in [-0.15, -0.1) is 0 Å². The van der Waals surface area contributed by atoms with E-state index in [9.17, 15) is 0 Å². The third-order valence-corrected chi connectivity index (χ3v) is 6.69. The van der Waals surface area contributed by atoms with Crippen molar-refractivity contribution >= 4 is 39.5 Å². The van der Waals surface area contributed by atoms with Crippen LogP contribution in [-0.2, 0) is 0 Å². The Bertz CT molecular complexity index is 1700. The summed E-state index contributed by atoms with van der Waals surface area (Å²) in [5.74, 6) is 2.40.